The summed E-state index contributed by atoms with van der Waals surface area (Å²) in [7, 11) is 0. The predicted octanol–water partition coefficient (Wildman–Crippen LogP) is 10.8. The van der Waals surface area contributed by atoms with Gasteiger partial charge in [0.1, 0.15) is 0 Å². The van der Waals surface area contributed by atoms with Gasteiger partial charge in [0.05, 0.1) is 5.92 Å². The number of hydrogen-bond donors (Lipinski definition) is 2. The van der Waals surface area contributed by atoms with E-state index in [-0.39, 0.29) is 12.3 Å². The van der Waals surface area contributed by atoms with Crippen molar-refractivity contribution in [3.63, 3.8) is 0 Å². The molecule has 4 heteroatoms. The Balaban J connectivity index is 3.53. The van der Waals surface area contributed by atoms with Crippen LogP contribution in [0, 0.1) is 5.92 Å². The zero-order chi connectivity index (χ0) is 27.9. The van der Waals surface area contributed by atoms with Crippen LogP contribution in [0.5, 0.6) is 0 Å². The van der Waals surface area contributed by atoms with Crippen molar-refractivity contribution in [3.05, 3.63) is 0 Å². The SMILES string of the molecule is CCCCCCCCCCCCCCCCNC(=O)CC(CCCCCCCCCCCCCC)C(=O)O. The molecule has 0 fully saturated rings. The number of hydrogen-bond acceptors (Lipinski definition) is 2. The van der Waals surface area contributed by atoms with Crippen molar-refractivity contribution in [2.45, 2.75) is 194 Å². The highest BCUT2D eigenvalue weighted by Crippen LogP contribution is 2.17. The summed E-state index contributed by atoms with van der Waals surface area (Å²) in [4.78, 5) is 23.8. The molecule has 0 rings (SSSR count). The Morgan fingerprint density at radius 1 is 0.500 bits per heavy atom. The fourth-order valence-corrected chi connectivity index (χ4v) is 5.39. The standard InChI is InChI=1S/C34H67NO3/c1-3-5-7-9-11-13-15-17-18-20-22-24-26-28-30-35-33(36)31-32(34(37)38)29-27-25-23-21-19-16-14-12-10-8-6-4-2/h32H,3-31H2,1-2H3,(H,35,36)(H,37,38). The van der Waals surface area contributed by atoms with Crippen LogP contribution in [0.15, 0.2) is 0 Å². The highest BCUT2D eigenvalue weighted by atomic mass is 16.4. The van der Waals surface area contributed by atoms with Gasteiger partial charge < -0.3 is 10.4 Å². The van der Waals surface area contributed by atoms with Crippen molar-refractivity contribution in [1.82, 2.24) is 5.32 Å². The van der Waals surface area contributed by atoms with E-state index >= 15 is 0 Å². The van der Waals surface area contributed by atoms with Crippen LogP contribution in [0.3, 0.4) is 0 Å². The van der Waals surface area contributed by atoms with E-state index in [1.165, 1.54) is 141 Å². The third-order valence-corrected chi connectivity index (χ3v) is 8.04. The molecule has 38 heavy (non-hydrogen) atoms. The smallest absolute Gasteiger partial charge is 0.307 e. The van der Waals surface area contributed by atoms with Crippen LogP contribution in [0.2, 0.25) is 0 Å². The van der Waals surface area contributed by atoms with Crippen molar-refractivity contribution in [2.24, 2.45) is 5.92 Å². The lowest BCUT2D eigenvalue weighted by Crippen LogP contribution is -2.29. The van der Waals surface area contributed by atoms with E-state index in [2.05, 4.69) is 19.2 Å². The summed E-state index contributed by atoms with van der Waals surface area (Å²) in [5, 5.41) is 12.5. The summed E-state index contributed by atoms with van der Waals surface area (Å²) in [5.74, 6) is -1.44. The van der Waals surface area contributed by atoms with Gasteiger partial charge in [0.2, 0.25) is 5.91 Å². The number of carboxylic acid groups (broad SMARTS) is 1. The summed E-state index contributed by atoms with van der Waals surface area (Å²) in [6.45, 7) is 5.21. The van der Waals surface area contributed by atoms with Gasteiger partial charge in [-0.25, -0.2) is 0 Å². The van der Waals surface area contributed by atoms with Crippen LogP contribution in [0.4, 0.5) is 0 Å². The second kappa shape index (κ2) is 30.5. The molecule has 0 radical (unpaired) electrons. The van der Waals surface area contributed by atoms with Gasteiger partial charge in [-0.1, -0.05) is 174 Å². The second-order valence-electron chi connectivity index (χ2n) is 11.9. The molecule has 0 aromatic heterocycles. The lowest BCUT2D eigenvalue weighted by Gasteiger charge is -2.12. The van der Waals surface area contributed by atoms with Gasteiger partial charge in [0.15, 0.2) is 0 Å². The highest BCUT2D eigenvalue weighted by Gasteiger charge is 2.20. The zero-order valence-corrected chi connectivity index (χ0v) is 25.8. The molecule has 1 atom stereocenters. The van der Waals surface area contributed by atoms with Gasteiger partial charge >= 0.3 is 5.97 Å². The summed E-state index contributed by atoms with van der Waals surface area (Å²) in [6, 6.07) is 0. The molecule has 0 saturated carbocycles. The highest BCUT2D eigenvalue weighted by molar-refractivity contribution is 5.82. The van der Waals surface area contributed by atoms with Crippen LogP contribution in [0.25, 0.3) is 0 Å². The molecule has 226 valence electrons. The van der Waals surface area contributed by atoms with Crippen LogP contribution < -0.4 is 5.32 Å². The largest absolute Gasteiger partial charge is 0.481 e. The Labute approximate surface area is 237 Å². The molecule has 0 aliphatic rings. The first-order valence-electron chi connectivity index (χ1n) is 17.1. The first-order chi connectivity index (χ1) is 18.6. The van der Waals surface area contributed by atoms with Crippen molar-refractivity contribution in [2.75, 3.05) is 6.54 Å². The van der Waals surface area contributed by atoms with E-state index in [0.717, 1.165) is 25.7 Å². The first kappa shape index (κ1) is 36.9. The topological polar surface area (TPSA) is 66.4 Å². The van der Waals surface area contributed by atoms with Gasteiger partial charge in [-0.3, -0.25) is 9.59 Å². The Bertz CT molecular complexity index is 508. The van der Waals surface area contributed by atoms with Crippen molar-refractivity contribution in [3.8, 4) is 0 Å². The molecule has 0 aliphatic heterocycles. The molecule has 0 saturated heterocycles. The Kier molecular flexibility index (Phi) is 29.6. The second-order valence-corrected chi connectivity index (χ2v) is 11.9. The number of carboxylic acids is 1. The molecule has 1 amide bonds. The van der Waals surface area contributed by atoms with Crippen LogP contribution in [-0.2, 0) is 9.59 Å². The number of carbonyl (C=O) groups excluding carboxylic acids is 1. The van der Waals surface area contributed by atoms with E-state index in [1.54, 1.807) is 0 Å². The Hall–Kier alpha value is -1.06. The predicted molar refractivity (Wildman–Crippen MR) is 165 cm³/mol. The normalized spacial score (nSPS) is 12.1. The van der Waals surface area contributed by atoms with E-state index in [9.17, 15) is 14.7 Å². The molecule has 0 spiro atoms. The van der Waals surface area contributed by atoms with Crippen LogP contribution in [0.1, 0.15) is 194 Å². The van der Waals surface area contributed by atoms with Crippen LogP contribution >= 0.6 is 0 Å². The molecule has 2 N–H and O–H groups in total. The summed E-state index contributed by atoms with van der Waals surface area (Å²) >= 11 is 0. The average Bonchev–Trinajstić information content (AvgIpc) is 2.90. The molecule has 0 heterocycles. The van der Waals surface area contributed by atoms with Gasteiger partial charge in [0.25, 0.3) is 0 Å². The van der Waals surface area contributed by atoms with Gasteiger partial charge in [-0.15, -0.1) is 0 Å². The fourth-order valence-electron chi connectivity index (χ4n) is 5.39. The molecule has 4 nitrogen and oxygen atoms in total. The first-order valence-corrected chi connectivity index (χ1v) is 17.1. The summed E-state index contributed by atoms with van der Waals surface area (Å²) in [6.07, 6.45) is 34.6. The van der Waals surface area contributed by atoms with Crippen LogP contribution in [-0.4, -0.2) is 23.5 Å². The van der Waals surface area contributed by atoms with Gasteiger partial charge in [-0.05, 0) is 12.8 Å². The number of rotatable bonds is 31. The van der Waals surface area contributed by atoms with Crippen molar-refractivity contribution >= 4 is 11.9 Å². The van der Waals surface area contributed by atoms with Gasteiger partial charge in [0, 0.05) is 13.0 Å². The quantitative estimate of drug-likeness (QED) is 0.0864. The number of aliphatic carboxylic acids is 1. The van der Waals surface area contributed by atoms with E-state index < -0.39 is 11.9 Å². The van der Waals surface area contributed by atoms with Gasteiger partial charge in [-0.2, -0.15) is 0 Å². The summed E-state index contributed by atoms with van der Waals surface area (Å²) < 4.78 is 0. The minimum Gasteiger partial charge on any atom is -0.481 e. The van der Waals surface area contributed by atoms with E-state index in [1.807, 2.05) is 0 Å². The lowest BCUT2D eigenvalue weighted by atomic mass is 9.96. The number of carbonyl (C=O) groups is 2. The monoisotopic (exact) mass is 538 g/mol. The average molecular weight is 538 g/mol. The number of unbranched alkanes of at least 4 members (excludes halogenated alkanes) is 24. The fraction of sp³-hybridized carbons (Fsp3) is 0.941. The number of nitrogens with one attached hydrogen (secondary N) is 1. The van der Waals surface area contributed by atoms with Crippen molar-refractivity contribution in [1.29, 1.82) is 0 Å². The Morgan fingerprint density at radius 3 is 1.16 bits per heavy atom. The lowest BCUT2D eigenvalue weighted by molar-refractivity contribution is -0.144. The third-order valence-electron chi connectivity index (χ3n) is 8.04. The zero-order valence-electron chi connectivity index (χ0n) is 25.8. The van der Waals surface area contributed by atoms with E-state index in [4.69, 9.17) is 0 Å². The molecule has 0 aromatic rings. The maximum absolute atomic E-state index is 12.2. The molecule has 0 aliphatic carbocycles. The molecule has 0 bridgehead atoms. The summed E-state index contributed by atoms with van der Waals surface area (Å²) in [5.41, 5.74) is 0. The van der Waals surface area contributed by atoms with Crippen molar-refractivity contribution < 1.29 is 14.7 Å². The maximum Gasteiger partial charge on any atom is 0.307 e. The Morgan fingerprint density at radius 2 is 0.816 bits per heavy atom. The molecular formula is C34H67NO3. The molecule has 0 aromatic carbocycles. The minimum atomic E-state index is -0.820. The minimum absolute atomic E-state index is 0.0916. The molecule has 1 unspecified atom stereocenters. The third kappa shape index (κ3) is 28.0. The maximum atomic E-state index is 12.2. The number of amides is 1. The molecular weight excluding hydrogens is 470 g/mol. The van der Waals surface area contributed by atoms with E-state index in [0.29, 0.717) is 13.0 Å².